The molecule has 1 heterocycles. The second kappa shape index (κ2) is 6.38. The molecule has 1 aliphatic rings. The van der Waals surface area contributed by atoms with Crippen molar-refractivity contribution in [2.45, 2.75) is 12.5 Å². The van der Waals surface area contributed by atoms with Gasteiger partial charge in [0.25, 0.3) is 0 Å². The number of halogens is 2. The second-order valence-electron chi connectivity index (χ2n) is 4.87. The summed E-state index contributed by atoms with van der Waals surface area (Å²) in [7, 11) is 0. The van der Waals surface area contributed by atoms with Gasteiger partial charge in [0.15, 0.2) is 11.5 Å². The van der Waals surface area contributed by atoms with Gasteiger partial charge in [-0.25, -0.2) is 0 Å². The minimum absolute atomic E-state index is 0.537. The Labute approximate surface area is 140 Å². The third kappa shape index (κ3) is 3.42. The van der Waals surface area contributed by atoms with E-state index in [1.807, 2.05) is 36.4 Å². The minimum atomic E-state index is -0.607. The highest BCUT2D eigenvalue weighted by molar-refractivity contribution is 9.10. The van der Waals surface area contributed by atoms with Crippen LogP contribution in [0.5, 0.6) is 11.5 Å². The van der Waals surface area contributed by atoms with Crippen molar-refractivity contribution < 1.29 is 14.6 Å². The normalized spacial score (nSPS) is 14.8. The van der Waals surface area contributed by atoms with Crippen LogP contribution in [-0.2, 0) is 6.42 Å². The molecule has 21 heavy (non-hydrogen) atoms. The summed E-state index contributed by atoms with van der Waals surface area (Å²) in [5.74, 6) is 1.40. The summed E-state index contributed by atoms with van der Waals surface area (Å²) in [4.78, 5) is 0. The molecule has 0 saturated heterocycles. The Kier molecular flexibility index (Phi) is 4.52. The van der Waals surface area contributed by atoms with Crippen LogP contribution in [0.15, 0.2) is 45.3 Å². The van der Waals surface area contributed by atoms with Crippen molar-refractivity contribution in [3.63, 3.8) is 0 Å². The number of ether oxygens (including phenoxy) is 2. The lowest BCUT2D eigenvalue weighted by Crippen LogP contribution is -2.16. The van der Waals surface area contributed by atoms with E-state index in [0.29, 0.717) is 31.1 Å². The quantitative estimate of drug-likeness (QED) is 0.816. The first kappa shape index (κ1) is 14.9. The van der Waals surface area contributed by atoms with Crippen LogP contribution in [0.4, 0.5) is 0 Å². The SMILES string of the molecule is OC(Cc1cccc(Br)c1)c1cc2c(cc1Br)OCCO2. The molecule has 0 bridgehead atoms. The molecule has 3 rings (SSSR count). The van der Waals surface area contributed by atoms with Crippen molar-refractivity contribution >= 4 is 31.9 Å². The predicted molar refractivity (Wildman–Crippen MR) is 87.9 cm³/mol. The summed E-state index contributed by atoms with van der Waals surface area (Å²) in [6, 6.07) is 11.6. The lowest BCUT2D eigenvalue weighted by atomic mass is 10.0. The Morgan fingerprint density at radius 2 is 1.76 bits per heavy atom. The van der Waals surface area contributed by atoms with E-state index in [9.17, 15) is 5.11 Å². The van der Waals surface area contributed by atoms with E-state index >= 15 is 0 Å². The maximum atomic E-state index is 10.5. The van der Waals surface area contributed by atoms with Crippen molar-refractivity contribution in [2.75, 3.05) is 13.2 Å². The van der Waals surface area contributed by atoms with Gasteiger partial charge in [-0.15, -0.1) is 0 Å². The zero-order chi connectivity index (χ0) is 14.8. The second-order valence-corrected chi connectivity index (χ2v) is 6.64. The van der Waals surface area contributed by atoms with Crippen LogP contribution in [0.25, 0.3) is 0 Å². The topological polar surface area (TPSA) is 38.7 Å². The van der Waals surface area contributed by atoms with Gasteiger partial charge in [-0.1, -0.05) is 44.0 Å². The molecule has 2 aromatic carbocycles. The Morgan fingerprint density at radius 3 is 2.48 bits per heavy atom. The van der Waals surface area contributed by atoms with Crippen molar-refractivity contribution in [3.8, 4) is 11.5 Å². The number of hydrogen-bond acceptors (Lipinski definition) is 3. The predicted octanol–water partition coefficient (Wildman–Crippen LogP) is 4.26. The van der Waals surface area contributed by atoms with Crippen molar-refractivity contribution in [2.24, 2.45) is 0 Å². The fraction of sp³-hybridized carbons (Fsp3) is 0.250. The molecule has 0 saturated carbocycles. The number of aliphatic hydroxyl groups is 1. The molecular weight excluding hydrogens is 400 g/mol. The van der Waals surface area contributed by atoms with Crippen LogP contribution < -0.4 is 9.47 Å². The Balaban J connectivity index is 1.85. The molecule has 2 aromatic rings. The molecule has 5 heteroatoms. The first-order chi connectivity index (χ1) is 10.1. The molecule has 3 nitrogen and oxygen atoms in total. The molecule has 1 unspecified atom stereocenters. The number of aliphatic hydroxyl groups excluding tert-OH is 1. The number of benzene rings is 2. The van der Waals surface area contributed by atoms with E-state index in [1.54, 1.807) is 0 Å². The molecular formula is C16H14Br2O3. The number of fused-ring (bicyclic) bond motifs is 1. The zero-order valence-electron chi connectivity index (χ0n) is 11.2. The molecule has 1 aliphatic heterocycles. The van der Waals surface area contributed by atoms with Gasteiger partial charge in [-0.3, -0.25) is 0 Å². The largest absolute Gasteiger partial charge is 0.486 e. The summed E-state index contributed by atoms with van der Waals surface area (Å²) < 4.78 is 12.9. The van der Waals surface area contributed by atoms with Crippen molar-refractivity contribution in [1.29, 1.82) is 0 Å². The summed E-state index contributed by atoms with van der Waals surface area (Å²) >= 11 is 6.94. The van der Waals surface area contributed by atoms with Crippen molar-refractivity contribution in [1.82, 2.24) is 0 Å². The minimum Gasteiger partial charge on any atom is -0.486 e. The van der Waals surface area contributed by atoms with E-state index in [-0.39, 0.29) is 0 Å². The highest BCUT2D eigenvalue weighted by atomic mass is 79.9. The van der Waals surface area contributed by atoms with Crippen LogP contribution in [0.1, 0.15) is 17.2 Å². The molecule has 1 atom stereocenters. The highest BCUT2D eigenvalue weighted by Gasteiger charge is 2.19. The average Bonchev–Trinajstić information content (AvgIpc) is 2.46. The van der Waals surface area contributed by atoms with Gasteiger partial charge in [-0.2, -0.15) is 0 Å². The standard InChI is InChI=1S/C16H14Br2O3/c17-11-3-1-2-10(6-11)7-14(19)12-8-15-16(9-13(12)18)21-5-4-20-15/h1-3,6,8-9,14,19H,4-5,7H2. The van der Waals surface area contributed by atoms with Crippen molar-refractivity contribution in [3.05, 3.63) is 56.5 Å². The van der Waals surface area contributed by atoms with E-state index in [0.717, 1.165) is 20.1 Å². The zero-order valence-corrected chi connectivity index (χ0v) is 14.4. The fourth-order valence-corrected chi connectivity index (χ4v) is 3.37. The van der Waals surface area contributed by atoms with Gasteiger partial charge in [0.1, 0.15) is 13.2 Å². The van der Waals surface area contributed by atoms with Gasteiger partial charge in [0.05, 0.1) is 6.10 Å². The smallest absolute Gasteiger partial charge is 0.162 e. The fourth-order valence-electron chi connectivity index (χ4n) is 2.33. The molecule has 0 amide bonds. The Bertz CT molecular complexity index is 658. The molecule has 0 fully saturated rings. The molecule has 0 spiro atoms. The monoisotopic (exact) mass is 412 g/mol. The van der Waals surface area contributed by atoms with Gasteiger partial charge in [0, 0.05) is 15.4 Å². The van der Waals surface area contributed by atoms with Gasteiger partial charge in [-0.05, 0) is 35.4 Å². The third-order valence-electron chi connectivity index (χ3n) is 3.34. The number of hydrogen-bond donors (Lipinski definition) is 1. The molecule has 110 valence electrons. The van der Waals surface area contributed by atoms with E-state index in [4.69, 9.17) is 9.47 Å². The molecule has 0 aliphatic carbocycles. The lowest BCUT2D eigenvalue weighted by Gasteiger charge is -2.21. The van der Waals surface area contributed by atoms with Crippen LogP contribution >= 0.6 is 31.9 Å². The summed E-state index contributed by atoms with van der Waals surface area (Å²) in [5, 5.41) is 10.5. The third-order valence-corrected chi connectivity index (χ3v) is 4.52. The van der Waals surface area contributed by atoms with Crippen LogP contribution in [0, 0.1) is 0 Å². The Morgan fingerprint density at radius 1 is 1.05 bits per heavy atom. The molecule has 0 radical (unpaired) electrons. The first-order valence-electron chi connectivity index (χ1n) is 6.65. The van der Waals surface area contributed by atoms with Crippen LogP contribution in [0.3, 0.4) is 0 Å². The molecule has 0 aromatic heterocycles. The molecule has 1 N–H and O–H groups in total. The van der Waals surface area contributed by atoms with E-state index < -0.39 is 6.10 Å². The average molecular weight is 414 g/mol. The number of rotatable bonds is 3. The van der Waals surface area contributed by atoms with Gasteiger partial charge in [0.2, 0.25) is 0 Å². The lowest BCUT2D eigenvalue weighted by molar-refractivity contribution is 0.164. The highest BCUT2D eigenvalue weighted by Crippen LogP contribution is 2.38. The summed E-state index contributed by atoms with van der Waals surface area (Å²) in [5.41, 5.74) is 1.87. The maximum Gasteiger partial charge on any atom is 0.162 e. The van der Waals surface area contributed by atoms with E-state index in [1.165, 1.54) is 0 Å². The van der Waals surface area contributed by atoms with E-state index in [2.05, 4.69) is 31.9 Å². The van der Waals surface area contributed by atoms with Crippen LogP contribution in [0.2, 0.25) is 0 Å². The summed E-state index contributed by atoms with van der Waals surface area (Å²) in [6.45, 7) is 1.09. The first-order valence-corrected chi connectivity index (χ1v) is 8.23. The van der Waals surface area contributed by atoms with Crippen LogP contribution in [-0.4, -0.2) is 18.3 Å². The summed E-state index contributed by atoms with van der Waals surface area (Å²) in [6.07, 6.45) is -0.0676. The maximum absolute atomic E-state index is 10.5. The van der Waals surface area contributed by atoms with Gasteiger partial charge >= 0.3 is 0 Å². The van der Waals surface area contributed by atoms with Gasteiger partial charge < -0.3 is 14.6 Å². The Hall–Kier alpha value is -1.04.